The lowest BCUT2D eigenvalue weighted by Crippen LogP contribution is -2.26. The molecule has 0 bridgehead atoms. The zero-order valence-electron chi connectivity index (χ0n) is 11.9. The molecule has 0 radical (unpaired) electrons. The SMILES string of the molecule is C=CCOc1ccc(CN(C)C(=O)c2cc(N)n[nH]2)cc1. The fraction of sp³-hybridized carbons (Fsp3) is 0.200. The number of aromatic amines is 1. The molecule has 0 atom stereocenters. The number of amides is 1. The Kier molecular flexibility index (Phi) is 4.61. The van der Waals surface area contributed by atoms with Crippen LogP contribution >= 0.6 is 0 Å². The largest absolute Gasteiger partial charge is 0.490 e. The highest BCUT2D eigenvalue weighted by atomic mass is 16.5. The summed E-state index contributed by atoms with van der Waals surface area (Å²) in [5.41, 5.74) is 6.87. The first kappa shape index (κ1) is 14.6. The van der Waals surface area contributed by atoms with Crippen LogP contribution in [0.2, 0.25) is 0 Å². The molecule has 1 heterocycles. The van der Waals surface area contributed by atoms with Crippen LogP contribution < -0.4 is 10.5 Å². The van der Waals surface area contributed by atoms with Gasteiger partial charge in [-0.3, -0.25) is 9.89 Å². The maximum Gasteiger partial charge on any atom is 0.271 e. The summed E-state index contributed by atoms with van der Waals surface area (Å²) < 4.78 is 5.41. The van der Waals surface area contributed by atoms with Crippen molar-refractivity contribution in [1.82, 2.24) is 15.1 Å². The van der Waals surface area contributed by atoms with Crippen molar-refractivity contribution in [2.24, 2.45) is 0 Å². The standard InChI is InChI=1S/C15H18N4O2/c1-3-8-21-12-6-4-11(5-7-12)10-19(2)15(20)13-9-14(16)18-17-13/h3-7,9H,1,8,10H2,2H3,(H3,16,17,18). The lowest BCUT2D eigenvalue weighted by atomic mass is 10.2. The van der Waals surface area contributed by atoms with Gasteiger partial charge in [-0.05, 0) is 17.7 Å². The van der Waals surface area contributed by atoms with E-state index in [1.54, 1.807) is 18.0 Å². The van der Waals surface area contributed by atoms with E-state index in [4.69, 9.17) is 10.5 Å². The summed E-state index contributed by atoms with van der Waals surface area (Å²) in [6.45, 7) is 4.55. The molecule has 0 saturated heterocycles. The number of ether oxygens (including phenoxy) is 1. The Morgan fingerprint density at radius 3 is 2.76 bits per heavy atom. The molecule has 0 aliphatic carbocycles. The number of H-pyrrole nitrogens is 1. The second-order valence-electron chi connectivity index (χ2n) is 4.61. The summed E-state index contributed by atoms with van der Waals surface area (Å²) >= 11 is 0. The number of rotatable bonds is 6. The van der Waals surface area contributed by atoms with E-state index in [0.29, 0.717) is 24.7 Å². The molecule has 0 aliphatic rings. The maximum atomic E-state index is 12.1. The monoisotopic (exact) mass is 286 g/mol. The van der Waals surface area contributed by atoms with Crippen LogP contribution in [0.1, 0.15) is 16.1 Å². The molecule has 6 heteroatoms. The maximum absolute atomic E-state index is 12.1. The van der Waals surface area contributed by atoms with Crippen LogP contribution in [-0.4, -0.2) is 34.7 Å². The molecule has 0 aliphatic heterocycles. The molecule has 0 fully saturated rings. The number of nitrogens with two attached hydrogens (primary N) is 1. The summed E-state index contributed by atoms with van der Waals surface area (Å²) in [6, 6.07) is 9.09. The Hall–Kier alpha value is -2.76. The third kappa shape index (κ3) is 3.85. The van der Waals surface area contributed by atoms with Gasteiger partial charge in [0, 0.05) is 19.7 Å². The molecule has 1 amide bonds. The van der Waals surface area contributed by atoms with Crippen molar-refractivity contribution >= 4 is 11.7 Å². The molecular weight excluding hydrogens is 268 g/mol. The summed E-state index contributed by atoms with van der Waals surface area (Å²) in [6.07, 6.45) is 1.69. The van der Waals surface area contributed by atoms with Crippen molar-refractivity contribution in [2.75, 3.05) is 19.4 Å². The van der Waals surface area contributed by atoms with Gasteiger partial charge in [-0.15, -0.1) is 0 Å². The molecule has 0 unspecified atom stereocenters. The summed E-state index contributed by atoms with van der Waals surface area (Å²) in [5.74, 6) is 0.913. The normalized spacial score (nSPS) is 10.1. The topological polar surface area (TPSA) is 84.2 Å². The summed E-state index contributed by atoms with van der Waals surface area (Å²) in [4.78, 5) is 13.7. The number of nitrogens with one attached hydrogen (secondary N) is 1. The Bertz CT molecular complexity index is 619. The number of hydrogen-bond acceptors (Lipinski definition) is 4. The van der Waals surface area contributed by atoms with Crippen molar-refractivity contribution in [1.29, 1.82) is 0 Å². The van der Waals surface area contributed by atoms with E-state index in [1.165, 1.54) is 6.07 Å². The van der Waals surface area contributed by atoms with Crippen molar-refractivity contribution < 1.29 is 9.53 Å². The molecular formula is C15H18N4O2. The van der Waals surface area contributed by atoms with Gasteiger partial charge in [-0.1, -0.05) is 24.8 Å². The lowest BCUT2D eigenvalue weighted by molar-refractivity contribution is 0.0779. The minimum Gasteiger partial charge on any atom is -0.490 e. The van der Waals surface area contributed by atoms with Gasteiger partial charge in [0.25, 0.3) is 5.91 Å². The van der Waals surface area contributed by atoms with Crippen LogP contribution in [0.15, 0.2) is 43.0 Å². The molecule has 3 N–H and O–H groups in total. The first-order valence-electron chi connectivity index (χ1n) is 6.49. The molecule has 21 heavy (non-hydrogen) atoms. The van der Waals surface area contributed by atoms with Crippen molar-refractivity contribution in [3.63, 3.8) is 0 Å². The zero-order valence-corrected chi connectivity index (χ0v) is 11.9. The fourth-order valence-electron chi connectivity index (χ4n) is 1.84. The van der Waals surface area contributed by atoms with Gasteiger partial charge in [0.15, 0.2) is 0 Å². The highest BCUT2D eigenvalue weighted by Crippen LogP contribution is 2.14. The number of benzene rings is 1. The molecule has 1 aromatic heterocycles. The third-order valence-electron chi connectivity index (χ3n) is 2.89. The average Bonchev–Trinajstić information content (AvgIpc) is 2.92. The molecule has 6 nitrogen and oxygen atoms in total. The molecule has 2 aromatic rings. The van der Waals surface area contributed by atoms with E-state index in [-0.39, 0.29) is 5.91 Å². The van der Waals surface area contributed by atoms with Crippen LogP contribution in [0.5, 0.6) is 5.75 Å². The highest BCUT2D eigenvalue weighted by Gasteiger charge is 2.14. The second-order valence-corrected chi connectivity index (χ2v) is 4.61. The van der Waals surface area contributed by atoms with Crippen LogP contribution in [0, 0.1) is 0 Å². The minimum absolute atomic E-state index is 0.161. The van der Waals surface area contributed by atoms with Crippen molar-refractivity contribution in [3.05, 3.63) is 54.2 Å². The van der Waals surface area contributed by atoms with Gasteiger partial charge in [0.1, 0.15) is 23.9 Å². The quantitative estimate of drug-likeness (QED) is 0.793. The van der Waals surface area contributed by atoms with Crippen molar-refractivity contribution in [3.8, 4) is 5.75 Å². The van der Waals surface area contributed by atoms with Gasteiger partial charge < -0.3 is 15.4 Å². The third-order valence-corrected chi connectivity index (χ3v) is 2.89. The zero-order chi connectivity index (χ0) is 15.2. The number of carbonyl (C=O) groups excluding carboxylic acids is 1. The van der Waals surface area contributed by atoms with Gasteiger partial charge >= 0.3 is 0 Å². The number of nitrogen functional groups attached to an aromatic ring is 1. The minimum atomic E-state index is -0.161. The molecule has 110 valence electrons. The molecule has 0 spiro atoms. The lowest BCUT2D eigenvalue weighted by Gasteiger charge is -2.16. The van der Waals surface area contributed by atoms with Crippen LogP contribution in [0.25, 0.3) is 0 Å². The van der Waals surface area contributed by atoms with E-state index in [0.717, 1.165) is 11.3 Å². The van der Waals surface area contributed by atoms with E-state index >= 15 is 0 Å². The predicted octanol–water partition coefficient (Wildman–Crippen LogP) is 1.83. The molecule has 1 aromatic carbocycles. The summed E-state index contributed by atoms with van der Waals surface area (Å²) in [7, 11) is 1.72. The number of aromatic nitrogens is 2. The number of carbonyl (C=O) groups is 1. The van der Waals surface area contributed by atoms with Crippen LogP contribution in [0.4, 0.5) is 5.82 Å². The Morgan fingerprint density at radius 1 is 1.48 bits per heavy atom. The Morgan fingerprint density at radius 2 is 2.19 bits per heavy atom. The molecule has 2 rings (SSSR count). The van der Waals surface area contributed by atoms with Gasteiger partial charge in [-0.2, -0.15) is 5.10 Å². The van der Waals surface area contributed by atoms with Gasteiger partial charge in [-0.25, -0.2) is 0 Å². The summed E-state index contributed by atoms with van der Waals surface area (Å²) in [5, 5.41) is 6.36. The fourth-order valence-corrected chi connectivity index (χ4v) is 1.84. The number of hydrogen-bond donors (Lipinski definition) is 2. The van der Waals surface area contributed by atoms with Crippen LogP contribution in [0.3, 0.4) is 0 Å². The van der Waals surface area contributed by atoms with E-state index in [1.807, 2.05) is 24.3 Å². The van der Waals surface area contributed by atoms with E-state index in [9.17, 15) is 4.79 Å². The second kappa shape index (κ2) is 6.60. The molecule has 0 saturated carbocycles. The van der Waals surface area contributed by atoms with Crippen molar-refractivity contribution in [2.45, 2.75) is 6.54 Å². The highest BCUT2D eigenvalue weighted by molar-refractivity contribution is 5.92. The van der Waals surface area contributed by atoms with Gasteiger partial charge in [0.05, 0.1) is 0 Å². The number of anilines is 1. The average molecular weight is 286 g/mol. The van der Waals surface area contributed by atoms with Crippen LogP contribution in [-0.2, 0) is 6.54 Å². The number of nitrogens with zero attached hydrogens (tertiary/aromatic N) is 2. The predicted molar refractivity (Wildman–Crippen MR) is 80.9 cm³/mol. The van der Waals surface area contributed by atoms with Gasteiger partial charge in [0.2, 0.25) is 0 Å². The Balaban J connectivity index is 1.97. The van der Waals surface area contributed by atoms with E-state index in [2.05, 4.69) is 16.8 Å². The first-order chi connectivity index (χ1) is 10.1. The first-order valence-corrected chi connectivity index (χ1v) is 6.49. The smallest absolute Gasteiger partial charge is 0.271 e. The van der Waals surface area contributed by atoms with E-state index < -0.39 is 0 Å². The Labute approximate surface area is 123 Å².